The van der Waals surface area contributed by atoms with Gasteiger partial charge in [0.1, 0.15) is 11.9 Å². The van der Waals surface area contributed by atoms with Gasteiger partial charge in [-0.2, -0.15) is 0 Å². The first-order valence-corrected chi connectivity index (χ1v) is 8.29. The van der Waals surface area contributed by atoms with Gasteiger partial charge in [0.05, 0.1) is 0 Å². The molecular formula is C20H25NO. The summed E-state index contributed by atoms with van der Waals surface area (Å²) in [5.74, 6) is 1.00. The first kappa shape index (κ1) is 15.1. The predicted octanol–water partition coefficient (Wildman–Crippen LogP) is 4.90. The lowest BCUT2D eigenvalue weighted by Crippen LogP contribution is -2.27. The molecule has 0 N–H and O–H groups in total. The maximum Gasteiger partial charge on any atom is 0.126 e. The monoisotopic (exact) mass is 295 g/mol. The van der Waals surface area contributed by atoms with E-state index in [2.05, 4.69) is 68.1 Å². The minimum absolute atomic E-state index is 0.155. The highest BCUT2D eigenvalue weighted by atomic mass is 16.5. The van der Waals surface area contributed by atoms with Gasteiger partial charge in [-0.25, -0.2) is 0 Å². The van der Waals surface area contributed by atoms with Gasteiger partial charge in [-0.3, -0.25) is 4.90 Å². The van der Waals surface area contributed by atoms with Crippen LogP contribution in [0.5, 0.6) is 5.75 Å². The molecule has 1 aliphatic carbocycles. The smallest absolute Gasteiger partial charge is 0.126 e. The van der Waals surface area contributed by atoms with Crippen molar-refractivity contribution in [3.8, 4) is 5.75 Å². The van der Waals surface area contributed by atoms with E-state index in [4.69, 9.17) is 4.74 Å². The van der Waals surface area contributed by atoms with Crippen molar-refractivity contribution in [1.82, 2.24) is 4.90 Å². The molecule has 0 aromatic heterocycles. The molecule has 0 radical (unpaired) electrons. The number of hydrogen-bond donors (Lipinski definition) is 0. The summed E-state index contributed by atoms with van der Waals surface area (Å²) in [5, 5.41) is 0. The van der Waals surface area contributed by atoms with Crippen LogP contribution in [0.3, 0.4) is 0 Å². The summed E-state index contributed by atoms with van der Waals surface area (Å²) in [5.41, 5.74) is 3.98. The lowest BCUT2D eigenvalue weighted by atomic mass is 10.1. The first-order chi connectivity index (χ1) is 10.7. The second-order valence-corrected chi connectivity index (χ2v) is 5.97. The molecule has 0 amide bonds. The molecule has 2 aromatic rings. The molecule has 0 saturated heterocycles. The number of benzene rings is 2. The molecule has 0 fully saturated rings. The van der Waals surface area contributed by atoms with E-state index >= 15 is 0 Å². The van der Waals surface area contributed by atoms with E-state index < -0.39 is 0 Å². The van der Waals surface area contributed by atoms with Crippen molar-refractivity contribution >= 4 is 0 Å². The van der Waals surface area contributed by atoms with Gasteiger partial charge in [0.15, 0.2) is 0 Å². The summed E-state index contributed by atoms with van der Waals surface area (Å²) in [6.45, 7) is 8.74. The molecule has 0 saturated carbocycles. The molecule has 0 heterocycles. The molecule has 0 spiro atoms. The van der Waals surface area contributed by atoms with Crippen molar-refractivity contribution in [2.24, 2.45) is 0 Å². The van der Waals surface area contributed by atoms with Gasteiger partial charge in [0, 0.05) is 12.5 Å². The molecule has 0 unspecified atom stereocenters. The van der Waals surface area contributed by atoms with Gasteiger partial charge < -0.3 is 4.74 Å². The maximum atomic E-state index is 6.38. The van der Waals surface area contributed by atoms with E-state index in [1.807, 2.05) is 6.07 Å². The van der Waals surface area contributed by atoms with Crippen LogP contribution in [0.4, 0.5) is 0 Å². The van der Waals surface area contributed by atoms with Crippen LogP contribution in [0.15, 0.2) is 48.5 Å². The summed E-state index contributed by atoms with van der Waals surface area (Å²) in [6.07, 6.45) is 1.19. The Labute approximate surface area is 133 Å². The molecule has 2 atom stereocenters. The Morgan fingerprint density at radius 3 is 2.27 bits per heavy atom. The molecule has 0 aliphatic heterocycles. The van der Waals surface area contributed by atoms with Crippen LogP contribution < -0.4 is 4.74 Å². The van der Waals surface area contributed by atoms with Crippen molar-refractivity contribution in [2.45, 2.75) is 39.3 Å². The summed E-state index contributed by atoms with van der Waals surface area (Å²) in [4.78, 5) is 2.53. The topological polar surface area (TPSA) is 12.5 Å². The standard InChI is InChI=1S/C20H25NO/c1-4-21(5-2)18-14-20(17-12-8-7-11-16(17)18)22-19-13-9-6-10-15(19)3/h6-13,18,20H,4-5,14H2,1-3H3/t18-,20+/m1/s1. The van der Waals surface area contributed by atoms with Crippen molar-refractivity contribution in [2.75, 3.05) is 13.1 Å². The van der Waals surface area contributed by atoms with E-state index in [1.54, 1.807) is 0 Å². The third-order valence-electron chi connectivity index (χ3n) is 4.76. The quantitative estimate of drug-likeness (QED) is 0.777. The lowest BCUT2D eigenvalue weighted by Gasteiger charge is -2.27. The van der Waals surface area contributed by atoms with Crippen molar-refractivity contribution in [3.63, 3.8) is 0 Å². The van der Waals surface area contributed by atoms with Crippen LogP contribution in [0.1, 0.15) is 49.1 Å². The maximum absolute atomic E-state index is 6.38. The van der Waals surface area contributed by atoms with Gasteiger partial charge in [0.25, 0.3) is 0 Å². The van der Waals surface area contributed by atoms with Gasteiger partial charge in [0.2, 0.25) is 0 Å². The molecule has 116 valence electrons. The number of aryl methyl sites for hydroxylation is 1. The number of nitrogens with zero attached hydrogens (tertiary/aromatic N) is 1. The predicted molar refractivity (Wildman–Crippen MR) is 91.3 cm³/mol. The molecule has 0 bridgehead atoms. The molecule has 2 heteroatoms. The number of fused-ring (bicyclic) bond motifs is 1. The van der Waals surface area contributed by atoms with Crippen LogP contribution in [0.2, 0.25) is 0 Å². The largest absolute Gasteiger partial charge is 0.485 e. The van der Waals surface area contributed by atoms with Gasteiger partial charge in [-0.1, -0.05) is 56.3 Å². The number of hydrogen-bond acceptors (Lipinski definition) is 2. The fraction of sp³-hybridized carbons (Fsp3) is 0.400. The Balaban J connectivity index is 1.89. The van der Waals surface area contributed by atoms with E-state index in [0.29, 0.717) is 6.04 Å². The lowest BCUT2D eigenvalue weighted by molar-refractivity contribution is 0.147. The van der Waals surface area contributed by atoms with Crippen LogP contribution in [-0.2, 0) is 0 Å². The van der Waals surface area contributed by atoms with Crippen molar-refractivity contribution in [3.05, 3.63) is 65.2 Å². The zero-order valence-electron chi connectivity index (χ0n) is 13.8. The number of para-hydroxylation sites is 1. The molecule has 2 aromatic carbocycles. The van der Waals surface area contributed by atoms with Crippen molar-refractivity contribution < 1.29 is 4.74 Å². The molecule has 1 aliphatic rings. The SMILES string of the molecule is CCN(CC)[C@@H]1C[C@H](Oc2ccccc2C)c2ccccc21. The number of rotatable bonds is 5. The Hall–Kier alpha value is -1.80. The van der Waals surface area contributed by atoms with Crippen molar-refractivity contribution in [1.29, 1.82) is 0 Å². The summed E-state index contributed by atoms with van der Waals surface area (Å²) >= 11 is 0. The number of ether oxygens (including phenoxy) is 1. The van der Waals surface area contributed by atoms with E-state index in [1.165, 1.54) is 16.7 Å². The fourth-order valence-corrected chi connectivity index (χ4v) is 3.53. The normalized spacial score (nSPS) is 20.2. The van der Waals surface area contributed by atoms with Crippen LogP contribution in [-0.4, -0.2) is 18.0 Å². The Bertz CT molecular complexity index is 633. The summed E-state index contributed by atoms with van der Waals surface area (Å²) < 4.78 is 6.38. The average Bonchev–Trinajstić information content (AvgIpc) is 2.90. The zero-order chi connectivity index (χ0) is 15.5. The Morgan fingerprint density at radius 1 is 0.955 bits per heavy atom. The molecular weight excluding hydrogens is 270 g/mol. The molecule has 3 rings (SSSR count). The van der Waals surface area contributed by atoms with E-state index in [9.17, 15) is 0 Å². The Morgan fingerprint density at radius 2 is 1.59 bits per heavy atom. The first-order valence-electron chi connectivity index (χ1n) is 8.29. The highest BCUT2D eigenvalue weighted by Crippen LogP contribution is 2.44. The van der Waals surface area contributed by atoms with Gasteiger partial charge in [-0.15, -0.1) is 0 Å². The molecule has 22 heavy (non-hydrogen) atoms. The third kappa shape index (κ3) is 2.76. The highest BCUT2D eigenvalue weighted by Gasteiger charge is 2.34. The molecule has 2 nitrogen and oxygen atoms in total. The minimum Gasteiger partial charge on any atom is -0.485 e. The van der Waals surface area contributed by atoms with Gasteiger partial charge in [-0.05, 0) is 42.8 Å². The van der Waals surface area contributed by atoms with E-state index in [-0.39, 0.29) is 6.10 Å². The van der Waals surface area contributed by atoms with Crippen LogP contribution in [0, 0.1) is 6.92 Å². The van der Waals surface area contributed by atoms with Crippen LogP contribution in [0.25, 0.3) is 0 Å². The second kappa shape index (κ2) is 6.53. The summed E-state index contributed by atoms with van der Waals surface area (Å²) in [6, 6.07) is 17.5. The third-order valence-corrected chi connectivity index (χ3v) is 4.76. The average molecular weight is 295 g/mol. The minimum atomic E-state index is 0.155. The Kier molecular flexibility index (Phi) is 4.49. The second-order valence-electron chi connectivity index (χ2n) is 5.97. The highest BCUT2D eigenvalue weighted by molar-refractivity contribution is 5.39. The van der Waals surface area contributed by atoms with Crippen LogP contribution >= 0.6 is 0 Å². The van der Waals surface area contributed by atoms with E-state index in [0.717, 1.165) is 25.3 Å². The zero-order valence-corrected chi connectivity index (χ0v) is 13.8. The van der Waals surface area contributed by atoms with Gasteiger partial charge >= 0.3 is 0 Å². The fourth-order valence-electron chi connectivity index (χ4n) is 3.53. The summed E-state index contributed by atoms with van der Waals surface area (Å²) in [7, 11) is 0.